The Balaban J connectivity index is 2.82. The van der Waals surface area contributed by atoms with E-state index in [1.165, 1.54) is 12.1 Å². The maximum atomic E-state index is 12.1. The molecule has 0 fully saturated rings. The number of carbonyl (C=O) groups excluding carboxylic acids is 1. The van der Waals surface area contributed by atoms with Crippen molar-refractivity contribution in [1.29, 1.82) is 0 Å². The van der Waals surface area contributed by atoms with E-state index < -0.39 is 0 Å². The van der Waals surface area contributed by atoms with E-state index in [4.69, 9.17) is 0 Å². The van der Waals surface area contributed by atoms with Gasteiger partial charge in [0.1, 0.15) is 11.6 Å². The highest BCUT2D eigenvalue weighted by Gasteiger charge is 2.07. The third kappa shape index (κ3) is 6.18. The zero-order valence-electron chi connectivity index (χ0n) is 13.7. The minimum atomic E-state index is -0.326. The number of nitrogens with zero attached hydrogens (tertiary/aromatic N) is 1. The maximum absolute atomic E-state index is 12.1. The highest BCUT2D eigenvalue weighted by Crippen LogP contribution is 2.12. The summed E-state index contributed by atoms with van der Waals surface area (Å²) in [5.41, 5.74) is 1.80. The molecule has 0 bridgehead atoms. The van der Waals surface area contributed by atoms with Crippen molar-refractivity contribution in [1.82, 2.24) is 5.32 Å². The molecular formula is C19H22N2O2. The number of nitrogens with one attached hydrogen (secondary N) is 1. The molecule has 0 heterocycles. The quantitative estimate of drug-likeness (QED) is 0.488. The van der Waals surface area contributed by atoms with Gasteiger partial charge >= 0.3 is 0 Å². The summed E-state index contributed by atoms with van der Waals surface area (Å²) < 4.78 is 0. The van der Waals surface area contributed by atoms with E-state index in [2.05, 4.69) is 16.9 Å². The summed E-state index contributed by atoms with van der Waals surface area (Å²) in [6.45, 7) is 9.45. The predicted octanol–water partition coefficient (Wildman–Crippen LogP) is 4.13. The molecule has 0 aliphatic heterocycles. The Morgan fingerprint density at radius 3 is 2.65 bits per heavy atom. The molecule has 0 spiro atoms. The van der Waals surface area contributed by atoms with Gasteiger partial charge < -0.3 is 10.4 Å². The van der Waals surface area contributed by atoms with Gasteiger partial charge in [-0.05, 0) is 44.5 Å². The van der Waals surface area contributed by atoms with Crippen LogP contribution in [0.4, 0.5) is 0 Å². The molecule has 0 unspecified atom stereocenters. The van der Waals surface area contributed by atoms with E-state index in [9.17, 15) is 9.90 Å². The molecule has 0 saturated carbocycles. The summed E-state index contributed by atoms with van der Waals surface area (Å²) in [6.07, 6.45) is 9.37. The third-order valence-corrected chi connectivity index (χ3v) is 2.89. The highest BCUT2D eigenvalue weighted by atomic mass is 16.3. The van der Waals surface area contributed by atoms with Gasteiger partial charge in [-0.3, -0.25) is 4.79 Å². The number of benzene rings is 1. The zero-order chi connectivity index (χ0) is 17.2. The molecule has 2 N–H and O–H groups in total. The van der Waals surface area contributed by atoms with Crippen LogP contribution < -0.4 is 5.32 Å². The van der Waals surface area contributed by atoms with E-state index in [0.29, 0.717) is 17.1 Å². The summed E-state index contributed by atoms with van der Waals surface area (Å²) >= 11 is 0. The molecule has 0 aromatic heterocycles. The van der Waals surface area contributed by atoms with Crippen LogP contribution in [0.2, 0.25) is 0 Å². The van der Waals surface area contributed by atoms with Crippen LogP contribution in [-0.4, -0.2) is 16.8 Å². The van der Waals surface area contributed by atoms with Crippen LogP contribution in [0.15, 0.2) is 77.5 Å². The topological polar surface area (TPSA) is 61.7 Å². The van der Waals surface area contributed by atoms with E-state index in [0.717, 1.165) is 5.57 Å². The Hall–Kier alpha value is -2.88. The fourth-order valence-corrected chi connectivity index (χ4v) is 1.78. The first-order valence-corrected chi connectivity index (χ1v) is 7.28. The number of amidine groups is 1. The van der Waals surface area contributed by atoms with E-state index in [-0.39, 0.29) is 11.7 Å². The van der Waals surface area contributed by atoms with Crippen LogP contribution in [-0.2, 0) is 0 Å². The van der Waals surface area contributed by atoms with Crippen LogP contribution in [0, 0.1) is 0 Å². The van der Waals surface area contributed by atoms with Crippen molar-refractivity contribution < 1.29 is 9.90 Å². The average Bonchev–Trinajstić information content (AvgIpc) is 2.52. The van der Waals surface area contributed by atoms with Crippen molar-refractivity contribution in [3.63, 3.8) is 0 Å². The standard InChI is InChI=1S/C19H22N2O2/c1-5-7-8-10-14(3)18(6-2)20-15(4)21-19(23)16-11-9-12-17(22)13-16/h5-13,22H,3H2,1-2,4H3,(H,20,21,23)/b7-5-,10-8-,18-6-. The first kappa shape index (κ1) is 18.2. The number of phenolic OH excluding ortho intramolecular Hbond substituents is 1. The molecule has 1 aromatic carbocycles. The predicted molar refractivity (Wildman–Crippen MR) is 95.5 cm³/mol. The molecule has 1 aromatic rings. The largest absolute Gasteiger partial charge is 0.508 e. The number of allylic oxidation sites excluding steroid dienone is 5. The Bertz CT molecular complexity index is 695. The molecule has 0 aliphatic carbocycles. The lowest BCUT2D eigenvalue weighted by Gasteiger charge is -2.07. The molecule has 1 rings (SSSR count). The normalized spacial score (nSPS) is 12.8. The van der Waals surface area contributed by atoms with Gasteiger partial charge in [0.25, 0.3) is 5.91 Å². The lowest BCUT2D eigenvalue weighted by molar-refractivity contribution is 0.0976. The molecular weight excluding hydrogens is 288 g/mol. The number of aliphatic imine (C=N–C) groups is 1. The summed E-state index contributed by atoms with van der Waals surface area (Å²) in [7, 11) is 0. The average molecular weight is 310 g/mol. The number of amides is 1. The van der Waals surface area contributed by atoms with Crippen molar-refractivity contribution in [2.45, 2.75) is 20.8 Å². The second kappa shape index (κ2) is 9.20. The lowest BCUT2D eigenvalue weighted by atomic mass is 10.2. The highest BCUT2D eigenvalue weighted by molar-refractivity contribution is 6.06. The fourth-order valence-electron chi connectivity index (χ4n) is 1.78. The Kier molecular flexibility index (Phi) is 7.27. The van der Waals surface area contributed by atoms with Gasteiger partial charge in [-0.2, -0.15) is 0 Å². The fraction of sp³-hybridized carbons (Fsp3) is 0.158. The number of hydrogen-bond donors (Lipinski definition) is 2. The molecule has 0 saturated heterocycles. The van der Waals surface area contributed by atoms with Gasteiger partial charge in [-0.15, -0.1) is 0 Å². The summed E-state index contributed by atoms with van der Waals surface area (Å²) in [5, 5.41) is 12.1. The zero-order valence-corrected chi connectivity index (χ0v) is 13.7. The van der Waals surface area contributed by atoms with Crippen LogP contribution in [0.1, 0.15) is 31.1 Å². The minimum Gasteiger partial charge on any atom is -0.508 e. The van der Waals surface area contributed by atoms with E-state index in [1.54, 1.807) is 19.1 Å². The van der Waals surface area contributed by atoms with Crippen molar-refractivity contribution >= 4 is 11.7 Å². The van der Waals surface area contributed by atoms with Crippen LogP contribution >= 0.6 is 0 Å². The molecule has 1 amide bonds. The molecule has 0 atom stereocenters. The van der Waals surface area contributed by atoms with Gasteiger partial charge in [0.05, 0.1) is 5.70 Å². The molecule has 23 heavy (non-hydrogen) atoms. The summed E-state index contributed by atoms with van der Waals surface area (Å²) in [5.74, 6) is 0.170. The Morgan fingerprint density at radius 2 is 2.04 bits per heavy atom. The smallest absolute Gasteiger partial charge is 0.256 e. The molecule has 0 aliphatic rings. The minimum absolute atomic E-state index is 0.0453. The first-order valence-electron chi connectivity index (χ1n) is 7.28. The second-order valence-corrected chi connectivity index (χ2v) is 4.79. The monoisotopic (exact) mass is 310 g/mol. The van der Waals surface area contributed by atoms with E-state index >= 15 is 0 Å². The molecule has 120 valence electrons. The van der Waals surface area contributed by atoms with Gasteiger partial charge in [-0.25, -0.2) is 4.99 Å². The van der Waals surface area contributed by atoms with Crippen LogP contribution in [0.3, 0.4) is 0 Å². The van der Waals surface area contributed by atoms with Gasteiger partial charge in [0.2, 0.25) is 0 Å². The molecule has 0 radical (unpaired) electrons. The van der Waals surface area contributed by atoms with E-state index in [1.807, 2.05) is 44.2 Å². The van der Waals surface area contributed by atoms with Crippen molar-refractivity contribution in [3.05, 3.63) is 78.1 Å². The SMILES string of the molecule is C=C(/C=C\C=C/C)/C(=C/C)N=C(C)NC(=O)c1cccc(O)c1. The summed E-state index contributed by atoms with van der Waals surface area (Å²) in [4.78, 5) is 16.5. The second-order valence-electron chi connectivity index (χ2n) is 4.79. The van der Waals surface area contributed by atoms with Crippen molar-refractivity contribution in [2.24, 2.45) is 4.99 Å². The number of carbonyl (C=O) groups is 1. The number of phenols is 1. The molecule has 4 nitrogen and oxygen atoms in total. The Morgan fingerprint density at radius 1 is 1.30 bits per heavy atom. The number of rotatable bonds is 5. The summed E-state index contributed by atoms with van der Waals surface area (Å²) in [6, 6.07) is 6.15. The third-order valence-electron chi connectivity index (χ3n) is 2.89. The first-order chi connectivity index (χ1) is 11.0. The molecule has 4 heteroatoms. The van der Waals surface area contributed by atoms with Crippen molar-refractivity contribution in [2.75, 3.05) is 0 Å². The van der Waals surface area contributed by atoms with Crippen LogP contribution in [0.5, 0.6) is 5.75 Å². The van der Waals surface area contributed by atoms with Gasteiger partial charge in [-0.1, -0.05) is 43.0 Å². The van der Waals surface area contributed by atoms with Crippen LogP contribution in [0.25, 0.3) is 0 Å². The van der Waals surface area contributed by atoms with Gasteiger partial charge in [0.15, 0.2) is 0 Å². The maximum Gasteiger partial charge on any atom is 0.256 e. The van der Waals surface area contributed by atoms with Crippen molar-refractivity contribution in [3.8, 4) is 5.75 Å². The Labute approximate surface area is 137 Å². The lowest BCUT2D eigenvalue weighted by Crippen LogP contribution is -2.28. The number of aromatic hydroxyl groups is 1. The van der Waals surface area contributed by atoms with Gasteiger partial charge in [0, 0.05) is 5.56 Å². The number of hydrogen-bond acceptors (Lipinski definition) is 3.